The normalized spacial score (nSPS) is 12.0. The molecule has 0 aliphatic carbocycles. The van der Waals surface area contributed by atoms with Gasteiger partial charge in [-0.1, -0.05) is 25.1 Å². The number of nitrogens with two attached hydrogens (primary N) is 2. The predicted octanol–water partition coefficient (Wildman–Crippen LogP) is 3.02. The minimum absolute atomic E-state index is 0.422. The van der Waals surface area contributed by atoms with Crippen molar-refractivity contribution in [3.8, 4) is 11.1 Å². The molecule has 6 nitrogen and oxygen atoms in total. The molecule has 1 aromatic carbocycles. The number of hydrogen-bond acceptors (Lipinski definition) is 4. The van der Waals surface area contributed by atoms with Gasteiger partial charge in [0.25, 0.3) is 0 Å². The molecule has 2 aromatic heterocycles. The van der Waals surface area contributed by atoms with Crippen molar-refractivity contribution in [1.82, 2.24) is 14.7 Å². The minimum Gasteiger partial charge on any atom is -0.382 e. The molecule has 136 valence electrons. The first-order valence-electron chi connectivity index (χ1n) is 8.86. The quantitative estimate of drug-likeness (QED) is 0.320. The lowest BCUT2D eigenvalue weighted by Crippen LogP contribution is -2.26. The second-order valence-electron chi connectivity index (χ2n) is 6.42. The van der Waals surface area contributed by atoms with Crippen LogP contribution in [-0.4, -0.2) is 27.6 Å². The molecule has 0 atom stereocenters. The van der Waals surface area contributed by atoms with Crippen molar-refractivity contribution in [2.45, 2.75) is 33.7 Å². The number of aryl methyl sites for hydroxylation is 2. The Hall–Kier alpha value is -2.86. The fourth-order valence-corrected chi connectivity index (χ4v) is 3.45. The number of aromatic nitrogens is 2. The number of fused-ring (bicyclic) bond motifs is 1. The third-order valence-electron chi connectivity index (χ3n) is 4.61. The lowest BCUT2D eigenvalue weighted by molar-refractivity contribution is 0.371. The highest BCUT2D eigenvalue weighted by Gasteiger charge is 2.16. The van der Waals surface area contributed by atoms with Crippen molar-refractivity contribution in [2.75, 3.05) is 7.05 Å². The van der Waals surface area contributed by atoms with E-state index in [4.69, 9.17) is 11.6 Å². The number of rotatable bonds is 5. The van der Waals surface area contributed by atoms with Gasteiger partial charge in [0.2, 0.25) is 0 Å². The Balaban J connectivity index is 2.28. The van der Waals surface area contributed by atoms with E-state index in [2.05, 4.69) is 46.8 Å². The third-order valence-corrected chi connectivity index (χ3v) is 4.61. The molecule has 4 N–H and O–H groups in total. The van der Waals surface area contributed by atoms with Crippen LogP contribution in [0.2, 0.25) is 0 Å². The van der Waals surface area contributed by atoms with Crippen LogP contribution in [0.1, 0.15) is 30.7 Å². The van der Waals surface area contributed by atoms with Crippen LogP contribution in [-0.2, 0) is 13.0 Å². The Morgan fingerprint density at radius 3 is 2.69 bits per heavy atom. The second-order valence-corrected chi connectivity index (χ2v) is 6.42. The largest absolute Gasteiger partial charge is 0.382 e. The van der Waals surface area contributed by atoms with Crippen molar-refractivity contribution < 1.29 is 0 Å². The van der Waals surface area contributed by atoms with Crippen molar-refractivity contribution in [1.29, 1.82) is 0 Å². The number of nitrogens with zero attached hydrogens (tertiary/aromatic N) is 4. The molecule has 0 aliphatic rings. The molecular weight excluding hydrogens is 324 g/mol. The first kappa shape index (κ1) is 17.9. The molecule has 0 saturated carbocycles. The molecule has 2 heterocycles. The summed E-state index contributed by atoms with van der Waals surface area (Å²) in [7, 11) is 1.66. The van der Waals surface area contributed by atoms with Crippen LogP contribution in [0.25, 0.3) is 22.0 Å². The van der Waals surface area contributed by atoms with Crippen molar-refractivity contribution in [3.63, 3.8) is 0 Å². The number of pyridine rings is 1. The van der Waals surface area contributed by atoms with Crippen molar-refractivity contribution in [2.24, 2.45) is 16.7 Å². The SMILES string of the molecule is CCc1c(/C(N)=N/N(C)N)cccc1-c1cn(CC)c2cnc(C)cc12. The monoisotopic (exact) mass is 350 g/mol. The van der Waals surface area contributed by atoms with Crippen LogP contribution < -0.4 is 11.6 Å². The summed E-state index contributed by atoms with van der Waals surface area (Å²) in [5.74, 6) is 6.06. The zero-order chi connectivity index (χ0) is 18.8. The van der Waals surface area contributed by atoms with Gasteiger partial charge < -0.3 is 10.3 Å². The molecule has 0 bridgehead atoms. The van der Waals surface area contributed by atoms with E-state index < -0.39 is 0 Å². The molecule has 3 aromatic rings. The van der Waals surface area contributed by atoms with Gasteiger partial charge in [-0.3, -0.25) is 4.98 Å². The Bertz CT molecular complexity index is 968. The fourth-order valence-electron chi connectivity index (χ4n) is 3.45. The highest BCUT2D eigenvalue weighted by molar-refractivity contribution is 6.03. The maximum Gasteiger partial charge on any atom is 0.152 e. The summed E-state index contributed by atoms with van der Waals surface area (Å²) in [6.45, 7) is 7.19. The summed E-state index contributed by atoms with van der Waals surface area (Å²) < 4.78 is 2.23. The fraction of sp³-hybridized carbons (Fsp3) is 0.300. The van der Waals surface area contributed by atoms with E-state index >= 15 is 0 Å². The van der Waals surface area contributed by atoms with Crippen molar-refractivity contribution >= 4 is 16.7 Å². The predicted molar refractivity (Wildman–Crippen MR) is 108 cm³/mol. The number of hydrogen-bond donors (Lipinski definition) is 2. The number of hydrazone groups is 1. The number of amidine groups is 1. The van der Waals surface area contributed by atoms with Crippen LogP contribution in [0.15, 0.2) is 41.8 Å². The molecule has 0 fully saturated rings. The zero-order valence-corrected chi connectivity index (χ0v) is 15.8. The summed E-state index contributed by atoms with van der Waals surface area (Å²) in [5.41, 5.74) is 12.8. The molecular formula is C20H26N6. The Morgan fingerprint density at radius 2 is 2.04 bits per heavy atom. The maximum absolute atomic E-state index is 6.20. The average Bonchev–Trinajstić information content (AvgIpc) is 2.97. The topological polar surface area (TPSA) is 85.5 Å². The zero-order valence-electron chi connectivity index (χ0n) is 15.8. The third kappa shape index (κ3) is 3.15. The minimum atomic E-state index is 0.422. The van der Waals surface area contributed by atoms with E-state index in [1.807, 2.05) is 25.3 Å². The van der Waals surface area contributed by atoms with E-state index in [0.29, 0.717) is 5.84 Å². The summed E-state index contributed by atoms with van der Waals surface area (Å²) in [5, 5.41) is 6.62. The molecule has 0 saturated heterocycles. The molecule has 6 heteroatoms. The summed E-state index contributed by atoms with van der Waals surface area (Å²) >= 11 is 0. The Morgan fingerprint density at radius 1 is 1.27 bits per heavy atom. The van der Waals surface area contributed by atoms with Crippen LogP contribution >= 0.6 is 0 Å². The molecule has 0 amide bonds. The lowest BCUT2D eigenvalue weighted by Gasteiger charge is -2.14. The van der Waals surface area contributed by atoms with Gasteiger partial charge in [0.15, 0.2) is 5.84 Å². The van der Waals surface area contributed by atoms with Gasteiger partial charge in [-0.15, -0.1) is 5.10 Å². The Labute approximate surface area is 154 Å². The molecule has 0 unspecified atom stereocenters. The molecule has 0 spiro atoms. The number of hydrazine groups is 1. The van der Waals surface area contributed by atoms with Crippen LogP contribution in [0.3, 0.4) is 0 Å². The van der Waals surface area contributed by atoms with E-state index in [-0.39, 0.29) is 0 Å². The van der Waals surface area contributed by atoms with Gasteiger partial charge in [0.05, 0.1) is 11.7 Å². The Kier molecular flexibility index (Phi) is 4.95. The lowest BCUT2D eigenvalue weighted by atomic mass is 9.93. The smallest absolute Gasteiger partial charge is 0.152 e. The maximum atomic E-state index is 6.20. The molecule has 3 rings (SSSR count). The molecule has 0 aliphatic heterocycles. The van der Waals surface area contributed by atoms with E-state index in [1.54, 1.807) is 7.05 Å². The van der Waals surface area contributed by atoms with Crippen LogP contribution in [0.5, 0.6) is 0 Å². The summed E-state index contributed by atoms with van der Waals surface area (Å²) in [6, 6.07) is 8.31. The highest BCUT2D eigenvalue weighted by Crippen LogP contribution is 2.34. The van der Waals surface area contributed by atoms with E-state index in [1.165, 1.54) is 27.2 Å². The van der Waals surface area contributed by atoms with Gasteiger partial charge in [-0.2, -0.15) is 0 Å². The van der Waals surface area contributed by atoms with E-state index in [9.17, 15) is 0 Å². The van der Waals surface area contributed by atoms with Gasteiger partial charge in [0, 0.05) is 42.0 Å². The molecule has 26 heavy (non-hydrogen) atoms. The van der Waals surface area contributed by atoms with Crippen LogP contribution in [0.4, 0.5) is 0 Å². The van der Waals surface area contributed by atoms with Gasteiger partial charge in [0.1, 0.15) is 0 Å². The number of benzene rings is 1. The average molecular weight is 350 g/mol. The second kappa shape index (κ2) is 7.17. The first-order valence-corrected chi connectivity index (χ1v) is 8.86. The molecule has 0 radical (unpaired) electrons. The van der Waals surface area contributed by atoms with Gasteiger partial charge in [-0.25, -0.2) is 11.0 Å². The first-order chi connectivity index (χ1) is 12.5. The van der Waals surface area contributed by atoms with Crippen molar-refractivity contribution in [3.05, 3.63) is 53.5 Å². The van der Waals surface area contributed by atoms with Crippen LogP contribution in [0, 0.1) is 6.92 Å². The van der Waals surface area contributed by atoms with Gasteiger partial charge >= 0.3 is 0 Å². The highest BCUT2D eigenvalue weighted by atomic mass is 15.6. The summed E-state index contributed by atoms with van der Waals surface area (Å²) in [4.78, 5) is 4.46. The summed E-state index contributed by atoms with van der Waals surface area (Å²) in [6.07, 6.45) is 5.00. The standard InChI is InChI=1S/C20H26N6/c1-5-14-15(8-7-9-16(14)20(21)24-25(4)22)18-12-26(6-2)19-11-23-13(3)10-17(18)19/h7-12H,5-6,22H2,1-4H3,(H2,21,24). The van der Waals surface area contributed by atoms with E-state index in [0.717, 1.165) is 29.7 Å². The van der Waals surface area contributed by atoms with Gasteiger partial charge in [-0.05, 0) is 37.5 Å².